The summed E-state index contributed by atoms with van der Waals surface area (Å²) in [5.41, 5.74) is 0.278. The number of aromatic carboxylic acids is 1. The van der Waals surface area contributed by atoms with Gasteiger partial charge in [-0.05, 0) is 11.4 Å². The lowest BCUT2D eigenvalue weighted by molar-refractivity contribution is -0.128. The minimum atomic E-state index is -1.08. The average molecular weight is 312 g/mol. The monoisotopic (exact) mass is 312 g/mol. The fourth-order valence-electron chi connectivity index (χ4n) is 2.17. The largest absolute Gasteiger partial charge is 0.477 e. The maximum Gasteiger partial charge on any atom is 0.348 e. The molecule has 114 valence electrons. The van der Waals surface area contributed by atoms with Crippen molar-refractivity contribution in [2.45, 2.75) is 6.42 Å². The van der Waals surface area contributed by atoms with Crippen LogP contribution in [0.5, 0.6) is 0 Å². The average Bonchev–Trinajstić information content (AvgIpc) is 3.03. The molecule has 0 saturated carbocycles. The van der Waals surface area contributed by atoms with Gasteiger partial charge in [0, 0.05) is 26.6 Å². The van der Waals surface area contributed by atoms with Crippen LogP contribution in [0.2, 0.25) is 0 Å². The number of carboxylic acid groups (broad SMARTS) is 1. The first kappa shape index (κ1) is 15.5. The summed E-state index contributed by atoms with van der Waals surface area (Å²) in [6.07, 6.45) is 0.141. The molecule has 21 heavy (non-hydrogen) atoms. The minimum absolute atomic E-state index is 0.0870. The molecule has 7 nitrogen and oxygen atoms in total. The Balaban J connectivity index is 1.97. The van der Waals surface area contributed by atoms with Gasteiger partial charge in [0.1, 0.15) is 4.88 Å². The zero-order valence-electron chi connectivity index (χ0n) is 11.5. The smallest absolute Gasteiger partial charge is 0.348 e. The number of anilines is 1. The van der Waals surface area contributed by atoms with Crippen LogP contribution < -0.4 is 5.32 Å². The minimum Gasteiger partial charge on any atom is -0.477 e. The second-order valence-corrected chi connectivity index (χ2v) is 5.61. The number of thiophene rings is 1. The number of nitrogens with one attached hydrogen (secondary N) is 1. The highest BCUT2D eigenvalue weighted by Crippen LogP contribution is 2.25. The predicted octanol–water partition coefficient (Wildman–Crippen LogP) is 0.880. The summed E-state index contributed by atoms with van der Waals surface area (Å²) in [7, 11) is 1.55. The van der Waals surface area contributed by atoms with Crippen molar-refractivity contribution in [3.63, 3.8) is 0 Å². The highest BCUT2D eigenvalue weighted by atomic mass is 32.1. The lowest BCUT2D eigenvalue weighted by Crippen LogP contribution is -2.30. The Morgan fingerprint density at radius 1 is 1.57 bits per heavy atom. The highest BCUT2D eigenvalue weighted by molar-refractivity contribution is 7.12. The van der Waals surface area contributed by atoms with Gasteiger partial charge in [-0.2, -0.15) is 0 Å². The number of nitrogens with zero attached hydrogens (tertiary/aromatic N) is 1. The lowest BCUT2D eigenvalue weighted by atomic mass is 10.1. The molecule has 0 aliphatic carbocycles. The number of rotatable bonds is 6. The molecule has 1 atom stereocenters. The van der Waals surface area contributed by atoms with E-state index in [2.05, 4.69) is 5.32 Å². The second-order valence-electron chi connectivity index (χ2n) is 4.69. The number of ether oxygens (including phenoxy) is 1. The quantitative estimate of drug-likeness (QED) is 0.813. The lowest BCUT2D eigenvalue weighted by Gasteiger charge is -2.15. The number of carbonyl (C=O) groups excluding carboxylic acids is 2. The van der Waals surface area contributed by atoms with Gasteiger partial charge in [-0.15, -0.1) is 11.3 Å². The van der Waals surface area contributed by atoms with Crippen LogP contribution in [0.4, 0.5) is 5.69 Å². The fraction of sp³-hybridized carbons (Fsp3) is 0.462. The molecule has 1 aromatic heterocycles. The second kappa shape index (κ2) is 6.68. The zero-order chi connectivity index (χ0) is 15.4. The molecule has 0 spiro atoms. The summed E-state index contributed by atoms with van der Waals surface area (Å²) in [4.78, 5) is 36.6. The number of hydrogen-bond acceptors (Lipinski definition) is 5. The summed E-state index contributed by atoms with van der Waals surface area (Å²) in [6, 6.07) is 1.55. The number of amides is 2. The van der Waals surface area contributed by atoms with Gasteiger partial charge in [-0.3, -0.25) is 9.59 Å². The fourth-order valence-corrected chi connectivity index (χ4v) is 2.86. The molecule has 1 saturated heterocycles. The first-order valence-electron chi connectivity index (χ1n) is 6.41. The summed E-state index contributed by atoms with van der Waals surface area (Å²) >= 11 is 1.05. The van der Waals surface area contributed by atoms with E-state index in [1.165, 1.54) is 0 Å². The Morgan fingerprint density at radius 3 is 3.00 bits per heavy atom. The molecule has 0 bridgehead atoms. The Kier molecular flexibility index (Phi) is 4.92. The SMILES string of the molecule is COCCN1CC(C(=O)Nc2ccsc2C(=O)O)CC1=O. The third-order valence-electron chi connectivity index (χ3n) is 3.27. The molecular weight excluding hydrogens is 296 g/mol. The van der Waals surface area contributed by atoms with Gasteiger partial charge in [-0.1, -0.05) is 0 Å². The van der Waals surface area contributed by atoms with Crippen molar-refractivity contribution < 1.29 is 24.2 Å². The standard InChI is InChI=1S/C13H16N2O5S/c1-20-4-3-15-7-8(6-10(15)16)12(17)14-9-2-5-21-11(9)13(18)19/h2,5,8H,3-4,6-7H2,1H3,(H,14,17)(H,18,19). The number of hydrogen-bond donors (Lipinski definition) is 2. The van der Waals surface area contributed by atoms with E-state index in [-0.39, 0.29) is 28.8 Å². The van der Waals surface area contributed by atoms with Gasteiger partial charge >= 0.3 is 5.97 Å². The van der Waals surface area contributed by atoms with Gasteiger partial charge in [0.2, 0.25) is 11.8 Å². The molecule has 1 unspecified atom stereocenters. The van der Waals surface area contributed by atoms with Crippen LogP contribution in [0.15, 0.2) is 11.4 Å². The van der Waals surface area contributed by atoms with Crippen LogP contribution in [0.25, 0.3) is 0 Å². The maximum absolute atomic E-state index is 12.1. The topological polar surface area (TPSA) is 95.9 Å². The molecule has 0 radical (unpaired) electrons. The Labute approximate surface area is 125 Å². The van der Waals surface area contributed by atoms with Crippen LogP contribution in [0.3, 0.4) is 0 Å². The van der Waals surface area contributed by atoms with E-state index in [4.69, 9.17) is 9.84 Å². The number of carboxylic acids is 1. The number of carbonyl (C=O) groups is 3. The van der Waals surface area contributed by atoms with Crippen molar-refractivity contribution in [2.24, 2.45) is 5.92 Å². The molecule has 1 aromatic rings. The molecule has 8 heteroatoms. The van der Waals surface area contributed by atoms with Crippen LogP contribution in [-0.4, -0.2) is 54.6 Å². The molecule has 2 heterocycles. The molecule has 1 fully saturated rings. The first-order valence-corrected chi connectivity index (χ1v) is 7.29. The molecule has 2 rings (SSSR count). The van der Waals surface area contributed by atoms with Crippen LogP contribution >= 0.6 is 11.3 Å². The van der Waals surface area contributed by atoms with Gasteiger partial charge in [-0.25, -0.2) is 4.79 Å². The van der Waals surface area contributed by atoms with Crippen molar-refractivity contribution in [1.82, 2.24) is 4.90 Å². The summed E-state index contributed by atoms with van der Waals surface area (Å²) in [6.45, 7) is 1.21. The summed E-state index contributed by atoms with van der Waals surface area (Å²) in [5, 5.41) is 13.2. The van der Waals surface area contributed by atoms with Crippen molar-refractivity contribution in [3.8, 4) is 0 Å². The third-order valence-corrected chi connectivity index (χ3v) is 4.17. The third kappa shape index (κ3) is 3.59. The van der Waals surface area contributed by atoms with E-state index < -0.39 is 11.9 Å². The summed E-state index contributed by atoms with van der Waals surface area (Å²) < 4.78 is 4.92. The van der Waals surface area contributed by atoms with E-state index in [1.807, 2.05) is 0 Å². The van der Waals surface area contributed by atoms with E-state index >= 15 is 0 Å². The number of methoxy groups -OCH3 is 1. The molecule has 2 N–H and O–H groups in total. The number of likely N-dealkylation sites (tertiary alicyclic amines) is 1. The molecule has 2 amide bonds. The van der Waals surface area contributed by atoms with Gasteiger partial charge in [0.05, 0.1) is 18.2 Å². The maximum atomic E-state index is 12.1. The van der Waals surface area contributed by atoms with Crippen molar-refractivity contribution in [2.75, 3.05) is 32.1 Å². The highest BCUT2D eigenvalue weighted by Gasteiger charge is 2.34. The van der Waals surface area contributed by atoms with Crippen molar-refractivity contribution in [3.05, 3.63) is 16.3 Å². The van der Waals surface area contributed by atoms with E-state index in [9.17, 15) is 14.4 Å². The molecule has 1 aliphatic rings. The molecule has 0 aromatic carbocycles. The van der Waals surface area contributed by atoms with Crippen molar-refractivity contribution in [1.29, 1.82) is 0 Å². The summed E-state index contributed by atoms with van der Waals surface area (Å²) in [5.74, 6) is -1.96. The molecular formula is C13H16N2O5S. The Bertz CT molecular complexity index is 557. The Hall–Kier alpha value is -1.93. The molecule has 1 aliphatic heterocycles. The Morgan fingerprint density at radius 2 is 2.33 bits per heavy atom. The van der Waals surface area contributed by atoms with E-state index in [0.717, 1.165) is 11.3 Å². The van der Waals surface area contributed by atoms with E-state index in [1.54, 1.807) is 23.5 Å². The van der Waals surface area contributed by atoms with Crippen molar-refractivity contribution >= 4 is 34.8 Å². The van der Waals surface area contributed by atoms with Gasteiger partial charge in [0.25, 0.3) is 0 Å². The normalized spacial score (nSPS) is 18.0. The van der Waals surface area contributed by atoms with Crippen LogP contribution in [0, 0.1) is 5.92 Å². The van der Waals surface area contributed by atoms with Crippen LogP contribution in [0.1, 0.15) is 16.1 Å². The van der Waals surface area contributed by atoms with Gasteiger partial charge < -0.3 is 20.1 Å². The first-order chi connectivity index (χ1) is 10.0. The van der Waals surface area contributed by atoms with Crippen LogP contribution in [-0.2, 0) is 14.3 Å². The van der Waals surface area contributed by atoms with E-state index in [0.29, 0.717) is 19.7 Å². The zero-order valence-corrected chi connectivity index (χ0v) is 12.3. The van der Waals surface area contributed by atoms with Gasteiger partial charge in [0.15, 0.2) is 0 Å². The predicted molar refractivity (Wildman–Crippen MR) is 76.5 cm³/mol.